The minimum atomic E-state index is 0. The topological polar surface area (TPSA) is 49.9 Å². The van der Waals surface area contributed by atoms with Crippen LogP contribution >= 0.6 is 28.7 Å². The van der Waals surface area contributed by atoms with Crippen LogP contribution in [0.25, 0.3) is 0 Å². The van der Waals surface area contributed by atoms with Crippen LogP contribution < -0.4 is 5.73 Å². The number of rotatable bonds is 2. The van der Waals surface area contributed by atoms with Crippen molar-refractivity contribution in [1.82, 2.24) is 0 Å². The van der Waals surface area contributed by atoms with E-state index in [1.807, 2.05) is 0 Å². The maximum Gasteiger partial charge on any atom is 0.151 e. The first-order valence-electron chi connectivity index (χ1n) is 4.96. The van der Waals surface area contributed by atoms with Crippen LogP contribution in [0.1, 0.15) is 31.9 Å². The molecule has 0 spiro atoms. The van der Waals surface area contributed by atoms with E-state index in [4.69, 9.17) is 11.1 Å². The second kappa shape index (κ2) is 6.30. The van der Waals surface area contributed by atoms with Gasteiger partial charge in [-0.25, -0.2) is 0 Å². The smallest absolute Gasteiger partial charge is 0.151 e. The zero-order valence-corrected chi connectivity index (χ0v) is 12.4. The van der Waals surface area contributed by atoms with Crippen molar-refractivity contribution in [1.29, 1.82) is 5.41 Å². The van der Waals surface area contributed by atoms with Crippen molar-refractivity contribution in [3.63, 3.8) is 0 Å². The third kappa shape index (κ3) is 5.03. The van der Waals surface area contributed by atoms with E-state index in [1.54, 1.807) is 0 Å². The summed E-state index contributed by atoms with van der Waals surface area (Å²) in [6.07, 6.45) is 0. The summed E-state index contributed by atoms with van der Waals surface area (Å²) < 4.78 is 0. The first-order chi connectivity index (χ1) is 6.89. The van der Waals surface area contributed by atoms with Gasteiger partial charge in [-0.05, 0) is 16.5 Å². The highest BCUT2D eigenvalue weighted by atomic mass is 79.9. The van der Waals surface area contributed by atoms with E-state index < -0.39 is 0 Å². The summed E-state index contributed by atoms with van der Waals surface area (Å²) in [5.41, 5.74) is 8.03. The fraction of sp³-hybridized carbons (Fsp3) is 0.417. The predicted octanol–water partition coefficient (Wildman–Crippen LogP) is 3.69. The second-order valence-electron chi connectivity index (χ2n) is 4.60. The van der Waals surface area contributed by atoms with Gasteiger partial charge in [0.05, 0.1) is 0 Å². The molecule has 0 bridgehead atoms. The Morgan fingerprint density at radius 1 is 1.25 bits per heavy atom. The van der Waals surface area contributed by atoms with Crippen LogP contribution in [0.3, 0.4) is 0 Å². The molecule has 2 nitrogen and oxygen atoms in total. The van der Waals surface area contributed by atoms with Gasteiger partial charge in [0.2, 0.25) is 0 Å². The van der Waals surface area contributed by atoms with E-state index in [9.17, 15) is 0 Å². The van der Waals surface area contributed by atoms with Gasteiger partial charge < -0.3 is 5.73 Å². The number of hydrogen-bond acceptors (Lipinski definition) is 2. The molecule has 1 aromatic carbocycles. The highest BCUT2D eigenvalue weighted by Crippen LogP contribution is 2.23. The normalized spacial score (nSPS) is 10.7. The van der Waals surface area contributed by atoms with E-state index in [2.05, 4.69) is 45.0 Å². The quantitative estimate of drug-likeness (QED) is 0.646. The fourth-order valence-corrected chi connectivity index (χ4v) is 1.78. The minimum absolute atomic E-state index is 0. The molecule has 0 aromatic heterocycles. The summed E-state index contributed by atoms with van der Waals surface area (Å²) in [7, 11) is 0. The minimum Gasteiger partial charge on any atom is -0.379 e. The van der Waals surface area contributed by atoms with E-state index in [1.165, 1.54) is 22.9 Å². The molecule has 90 valence electrons. The Kier molecular flexibility index (Phi) is 6.11. The van der Waals surface area contributed by atoms with Crippen molar-refractivity contribution in [2.24, 2.45) is 5.73 Å². The Balaban J connectivity index is 0.00000225. The first kappa shape index (κ1) is 15.5. The van der Waals surface area contributed by atoms with Gasteiger partial charge in [0.1, 0.15) is 0 Å². The zero-order chi connectivity index (χ0) is 11.5. The molecule has 4 heteroatoms. The lowest BCUT2D eigenvalue weighted by Crippen LogP contribution is -2.10. The standard InChI is InChI=1S/C12H18N2S.BrH/c1-12(2,3)10-6-4-9(5-7-10)8-15-11(13)14;/h4-7H,8H2,1-3H3,(H3,13,14);1H. The van der Waals surface area contributed by atoms with E-state index in [-0.39, 0.29) is 27.6 Å². The third-order valence-corrected chi connectivity index (χ3v) is 3.00. The van der Waals surface area contributed by atoms with Gasteiger partial charge in [-0.3, -0.25) is 5.41 Å². The Bertz CT molecular complexity index is 341. The van der Waals surface area contributed by atoms with Crippen LogP contribution in [0.4, 0.5) is 0 Å². The lowest BCUT2D eigenvalue weighted by atomic mass is 9.87. The molecule has 0 aliphatic carbocycles. The molecular formula is C12H19BrN2S. The highest BCUT2D eigenvalue weighted by Gasteiger charge is 2.12. The SMILES string of the molecule is Br.CC(C)(C)c1ccc(CSC(=N)N)cc1. The Hall–Kier alpha value is -0.480. The van der Waals surface area contributed by atoms with Gasteiger partial charge >= 0.3 is 0 Å². The summed E-state index contributed by atoms with van der Waals surface area (Å²) >= 11 is 1.36. The van der Waals surface area contributed by atoms with Gasteiger partial charge in [-0.1, -0.05) is 56.8 Å². The molecule has 0 saturated carbocycles. The van der Waals surface area contributed by atoms with Crippen molar-refractivity contribution in [3.8, 4) is 0 Å². The van der Waals surface area contributed by atoms with Crippen LogP contribution in [0.2, 0.25) is 0 Å². The molecule has 16 heavy (non-hydrogen) atoms. The molecule has 0 atom stereocenters. The molecule has 0 aliphatic heterocycles. The summed E-state index contributed by atoms with van der Waals surface area (Å²) in [4.78, 5) is 0. The van der Waals surface area contributed by atoms with Gasteiger partial charge in [-0.15, -0.1) is 17.0 Å². The molecule has 0 radical (unpaired) electrons. The first-order valence-corrected chi connectivity index (χ1v) is 5.94. The third-order valence-electron chi connectivity index (χ3n) is 2.21. The van der Waals surface area contributed by atoms with E-state index in [0.717, 1.165) is 5.75 Å². The van der Waals surface area contributed by atoms with Gasteiger partial charge in [0.25, 0.3) is 0 Å². The molecule has 0 heterocycles. The number of nitrogens with one attached hydrogen (secondary N) is 1. The Labute approximate surface area is 112 Å². The average Bonchev–Trinajstić information content (AvgIpc) is 2.14. The summed E-state index contributed by atoms with van der Waals surface area (Å²) in [6.45, 7) is 6.60. The number of thioether (sulfide) groups is 1. The van der Waals surface area contributed by atoms with Crippen molar-refractivity contribution in [2.75, 3.05) is 0 Å². The lowest BCUT2D eigenvalue weighted by Gasteiger charge is -2.19. The lowest BCUT2D eigenvalue weighted by molar-refractivity contribution is 0.590. The van der Waals surface area contributed by atoms with Gasteiger partial charge in [-0.2, -0.15) is 0 Å². The molecule has 0 aliphatic rings. The maximum absolute atomic E-state index is 7.13. The van der Waals surface area contributed by atoms with Gasteiger partial charge in [0.15, 0.2) is 5.17 Å². The largest absolute Gasteiger partial charge is 0.379 e. The van der Waals surface area contributed by atoms with Crippen molar-refractivity contribution < 1.29 is 0 Å². The molecule has 0 amide bonds. The fourth-order valence-electron chi connectivity index (χ4n) is 1.26. The summed E-state index contributed by atoms with van der Waals surface area (Å²) in [5, 5.41) is 7.30. The number of amidine groups is 1. The number of benzene rings is 1. The highest BCUT2D eigenvalue weighted by molar-refractivity contribution is 8.93. The Morgan fingerprint density at radius 2 is 1.75 bits per heavy atom. The van der Waals surface area contributed by atoms with Crippen LogP contribution in [-0.4, -0.2) is 5.17 Å². The molecule has 0 fully saturated rings. The molecular weight excluding hydrogens is 284 g/mol. The van der Waals surface area contributed by atoms with Crippen molar-refractivity contribution in [3.05, 3.63) is 35.4 Å². The van der Waals surface area contributed by atoms with Crippen molar-refractivity contribution >= 4 is 33.9 Å². The van der Waals surface area contributed by atoms with Crippen LogP contribution in [0, 0.1) is 5.41 Å². The summed E-state index contributed by atoms with van der Waals surface area (Å²) in [5.74, 6) is 0.778. The summed E-state index contributed by atoms with van der Waals surface area (Å²) in [6, 6.07) is 8.51. The van der Waals surface area contributed by atoms with Crippen LogP contribution in [0.5, 0.6) is 0 Å². The van der Waals surface area contributed by atoms with Crippen LogP contribution in [0.15, 0.2) is 24.3 Å². The molecule has 0 saturated heterocycles. The molecule has 1 rings (SSSR count). The number of halogens is 1. The van der Waals surface area contributed by atoms with E-state index >= 15 is 0 Å². The second-order valence-corrected chi connectivity index (χ2v) is 5.62. The monoisotopic (exact) mass is 302 g/mol. The Morgan fingerprint density at radius 3 is 2.12 bits per heavy atom. The number of nitrogens with two attached hydrogens (primary N) is 1. The van der Waals surface area contributed by atoms with Crippen molar-refractivity contribution in [2.45, 2.75) is 31.9 Å². The van der Waals surface area contributed by atoms with Crippen LogP contribution in [-0.2, 0) is 11.2 Å². The van der Waals surface area contributed by atoms with E-state index in [0.29, 0.717) is 0 Å². The zero-order valence-electron chi connectivity index (χ0n) is 9.91. The predicted molar refractivity (Wildman–Crippen MR) is 78.7 cm³/mol. The average molecular weight is 303 g/mol. The number of hydrogen-bond donors (Lipinski definition) is 2. The maximum atomic E-state index is 7.13. The molecule has 0 unspecified atom stereocenters. The molecule has 3 N–H and O–H groups in total. The molecule has 1 aromatic rings. The van der Waals surface area contributed by atoms with Gasteiger partial charge in [0, 0.05) is 5.75 Å².